The van der Waals surface area contributed by atoms with E-state index >= 15 is 0 Å². The molecule has 18 heteroatoms. The van der Waals surface area contributed by atoms with Crippen molar-refractivity contribution in [2.45, 2.75) is 14.7 Å². The van der Waals surface area contributed by atoms with Crippen LogP contribution in [0.3, 0.4) is 0 Å². The Bertz CT molecular complexity index is 2070. The second-order valence-corrected chi connectivity index (χ2v) is 12.3. The average Bonchev–Trinajstić information content (AvgIpc) is 2.86. The van der Waals surface area contributed by atoms with E-state index in [2.05, 4.69) is 15.2 Å². The van der Waals surface area contributed by atoms with Crippen molar-refractivity contribution in [2.75, 3.05) is 5.73 Å². The maximum absolute atomic E-state index is 12.1. The Balaban J connectivity index is 0.00000462. The molecule has 0 amide bonds. The summed E-state index contributed by atoms with van der Waals surface area (Å²) in [6, 6.07) is 10.5. The molecule has 0 aliphatic carbocycles. The summed E-state index contributed by atoms with van der Waals surface area (Å²) in [6.07, 6.45) is 3.60. The predicted molar refractivity (Wildman–Crippen MR) is 149 cm³/mol. The van der Waals surface area contributed by atoms with Gasteiger partial charge in [-0.3, -0.25) is 18.6 Å². The molecule has 0 saturated carbocycles. The molecule has 4 rings (SSSR count). The molecule has 0 aliphatic rings. The van der Waals surface area contributed by atoms with Crippen LogP contribution in [-0.2, 0) is 30.4 Å². The van der Waals surface area contributed by atoms with Gasteiger partial charge in [0.1, 0.15) is 25.9 Å². The molecule has 0 spiro atoms. The van der Waals surface area contributed by atoms with Gasteiger partial charge in [0.15, 0.2) is 5.75 Å². The van der Waals surface area contributed by atoms with Gasteiger partial charge in [0.05, 0.1) is 5.69 Å². The fraction of sp³-hybridized carbons (Fsp3) is 0. The largest absolute Gasteiger partial charge is 0.504 e. The molecule has 0 unspecified atom stereocenters. The number of benzene rings is 3. The summed E-state index contributed by atoms with van der Waals surface area (Å²) < 4.78 is 100. The summed E-state index contributed by atoms with van der Waals surface area (Å²) in [7, 11) is -14.3. The third-order valence-electron chi connectivity index (χ3n) is 5.39. The van der Waals surface area contributed by atoms with Gasteiger partial charge in [-0.25, -0.2) is 0 Å². The molecule has 0 bridgehead atoms. The smallest absolute Gasteiger partial charge is 0.295 e. The number of aromatic nitrogens is 1. The fourth-order valence-corrected chi connectivity index (χ4v) is 5.75. The van der Waals surface area contributed by atoms with Gasteiger partial charge in [-0.05, 0) is 53.6 Å². The Morgan fingerprint density at radius 1 is 0.732 bits per heavy atom. The first kappa shape index (κ1) is 32.3. The van der Waals surface area contributed by atoms with Crippen LogP contribution in [0.5, 0.6) is 5.75 Å². The third kappa shape index (κ3) is 7.34. The number of rotatable bonds is 7. The van der Waals surface area contributed by atoms with E-state index in [-0.39, 0.29) is 63.0 Å². The molecule has 3 aromatic carbocycles. The van der Waals surface area contributed by atoms with Crippen LogP contribution in [0.2, 0.25) is 0 Å². The van der Waals surface area contributed by atoms with Crippen molar-refractivity contribution < 1.29 is 44.0 Å². The van der Waals surface area contributed by atoms with Gasteiger partial charge in [0, 0.05) is 46.8 Å². The number of phenols is 1. The topological polar surface area (TPSA) is 247 Å². The van der Waals surface area contributed by atoms with Crippen LogP contribution in [0, 0.1) is 0 Å². The first-order chi connectivity index (χ1) is 18.6. The van der Waals surface area contributed by atoms with E-state index in [0.717, 1.165) is 24.3 Å². The van der Waals surface area contributed by atoms with E-state index in [1.807, 2.05) is 0 Å². The number of nitrogen functional groups attached to an aromatic ring is 1. The van der Waals surface area contributed by atoms with Crippen LogP contribution in [0.15, 0.2) is 85.7 Å². The van der Waals surface area contributed by atoms with Gasteiger partial charge >= 0.3 is 0 Å². The fourth-order valence-electron chi connectivity index (χ4n) is 3.62. The van der Waals surface area contributed by atoms with E-state index in [1.54, 1.807) is 0 Å². The zero-order chi connectivity index (χ0) is 29.5. The van der Waals surface area contributed by atoms with E-state index in [0.29, 0.717) is 0 Å². The Kier molecular flexibility index (Phi) is 9.38. The second-order valence-electron chi connectivity index (χ2n) is 8.12. The van der Waals surface area contributed by atoms with Crippen LogP contribution in [0.25, 0.3) is 23.1 Å². The normalized spacial score (nSPS) is 12.7. The standard InChI is InChI=1S/C23H18N4O10S3.Na/c24-15-7-5-13(19(10-15)38(29,30)31)3-4-14-6-8-16(11-20(14)39(32,33)34)26-27-18-12-21(40(35,36)37)17-2-1-9-25-22(17)23(18)28;/h1-12,28H,24H2,(H,29,30,31)(H,32,33,34)(H,35,36,37);/b4-3+,27-26?;. The summed E-state index contributed by atoms with van der Waals surface area (Å²) in [5.74, 6) is -0.570. The maximum atomic E-state index is 12.1. The molecule has 0 saturated heterocycles. The summed E-state index contributed by atoms with van der Waals surface area (Å²) in [5, 5.41) is 18.0. The van der Waals surface area contributed by atoms with E-state index in [4.69, 9.17) is 5.73 Å². The quantitative estimate of drug-likeness (QED) is 0.0648. The van der Waals surface area contributed by atoms with Crippen LogP contribution in [0.4, 0.5) is 17.1 Å². The number of anilines is 1. The zero-order valence-electron chi connectivity index (χ0n) is 20.8. The number of hydrogen-bond donors (Lipinski definition) is 5. The molecule has 0 aliphatic heterocycles. The third-order valence-corrected chi connectivity index (χ3v) is 8.10. The Labute approximate surface area is 255 Å². The molecule has 0 atom stereocenters. The van der Waals surface area contributed by atoms with E-state index in [1.165, 1.54) is 48.7 Å². The minimum absolute atomic E-state index is 0. The van der Waals surface area contributed by atoms with Crippen molar-refractivity contribution in [3.8, 4) is 5.75 Å². The van der Waals surface area contributed by atoms with Gasteiger partial charge in [-0.2, -0.15) is 30.4 Å². The summed E-state index contributed by atoms with van der Waals surface area (Å²) in [5.41, 5.74) is 4.71. The average molecular weight is 630 g/mol. The summed E-state index contributed by atoms with van der Waals surface area (Å²) >= 11 is 0. The van der Waals surface area contributed by atoms with Crippen LogP contribution >= 0.6 is 0 Å². The van der Waals surface area contributed by atoms with Crippen molar-refractivity contribution in [2.24, 2.45) is 10.2 Å². The Morgan fingerprint density at radius 3 is 1.88 bits per heavy atom. The first-order valence-electron chi connectivity index (χ1n) is 10.7. The van der Waals surface area contributed by atoms with Crippen molar-refractivity contribution in [3.05, 3.63) is 71.9 Å². The van der Waals surface area contributed by atoms with E-state index < -0.39 is 56.5 Å². The molecule has 209 valence electrons. The van der Waals surface area contributed by atoms with Gasteiger partial charge in [-0.15, -0.1) is 5.11 Å². The zero-order valence-corrected chi connectivity index (χ0v) is 25.3. The Hall–Kier alpha value is -3.26. The van der Waals surface area contributed by atoms with Crippen LogP contribution in [-0.4, -0.2) is 78.6 Å². The van der Waals surface area contributed by atoms with Gasteiger partial charge < -0.3 is 10.8 Å². The minimum Gasteiger partial charge on any atom is -0.504 e. The number of pyridine rings is 1. The molecule has 1 aromatic heterocycles. The van der Waals surface area contributed by atoms with E-state index in [9.17, 15) is 44.0 Å². The molecule has 6 N–H and O–H groups in total. The molecular weight excluding hydrogens is 611 g/mol. The van der Waals surface area contributed by atoms with Gasteiger partial charge in [-0.1, -0.05) is 24.3 Å². The van der Waals surface area contributed by atoms with Crippen molar-refractivity contribution >= 4 is 100 Å². The van der Waals surface area contributed by atoms with Gasteiger partial charge in [0.25, 0.3) is 30.4 Å². The summed E-state index contributed by atoms with van der Waals surface area (Å²) in [4.78, 5) is 2.10. The van der Waals surface area contributed by atoms with Crippen LogP contribution < -0.4 is 5.73 Å². The maximum Gasteiger partial charge on any atom is 0.295 e. The van der Waals surface area contributed by atoms with Gasteiger partial charge in [0.2, 0.25) is 0 Å². The minimum atomic E-state index is -4.86. The number of nitrogens with zero attached hydrogens (tertiary/aromatic N) is 3. The molecule has 4 aromatic rings. The first-order valence-corrected chi connectivity index (χ1v) is 15.0. The number of aromatic hydroxyl groups is 1. The number of phenolic OH excluding ortho intramolecular Hbond substituents is 1. The number of fused-ring (bicyclic) bond motifs is 1. The summed E-state index contributed by atoms with van der Waals surface area (Å²) in [6.45, 7) is 0. The molecule has 1 heterocycles. The van der Waals surface area contributed by atoms with Crippen LogP contribution in [0.1, 0.15) is 11.1 Å². The number of nitrogens with two attached hydrogens (primary N) is 1. The molecule has 41 heavy (non-hydrogen) atoms. The SMILES string of the molecule is Nc1ccc(/C=C/c2ccc(N=Nc3cc(S(=O)(=O)O)c4cccnc4c3O)cc2S(=O)(=O)O)c(S(=O)(=O)O)c1.[Na]. The number of azo groups is 1. The van der Waals surface area contributed by atoms with Crippen molar-refractivity contribution in [3.63, 3.8) is 0 Å². The monoisotopic (exact) mass is 629 g/mol. The Morgan fingerprint density at radius 2 is 1.29 bits per heavy atom. The molecule has 0 fully saturated rings. The van der Waals surface area contributed by atoms with Crippen molar-refractivity contribution in [1.82, 2.24) is 4.98 Å². The predicted octanol–water partition coefficient (Wildman–Crippen LogP) is 3.47. The molecule has 14 nitrogen and oxygen atoms in total. The molecule has 1 radical (unpaired) electrons. The number of hydrogen-bond acceptors (Lipinski definition) is 11. The van der Waals surface area contributed by atoms with Crippen molar-refractivity contribution in [1.29, 1.82) is 0 Å². The second kappa shape index (κ2) is 11.9. The molecular formula is C23H18N4NaO10S3.